The highest BCUT2D eigenvalue weighted by Crippen LogP contribution is 2.15. The summed E-state index contributed by atoms with van der Waals surface area (Å²) in [7, 11) is 0. The third kappa shape index (κ3) is 2.76. The number of carbonyl (C=O) groups excluding carboxylic acids is 1. The number of anilines is 1. The number of carbonyl (C=O) groups is 1. The highest BCUT2D eigenvalue weighted by Gasteiger charge is 2.17. The minimum absolute atomic E-state index is 0.163. The summed E-state index contributed by atoms with van der Waals surface area (Å²) in [5.41, 5.74) is 6.18. The zero-order valence-electron chi connectivity index (χ0n) is 8.90. The molecule has 1 amide bonds. The molecule has 1 rings (SSSR count). The molecule has 1 atom stereocenters. The third-order valence-electron chi connectivity index (χ3n) is 2.11. The fourth-order valence-corrected chi connectivity index (χ4v) is 1.33. The van der Waals surface area contributed by atoms with Gasteiger partial charge in [0.2, 0.25) is 5.91 Å². The Morgan fingerprint density at radius 2 is 2.00 bits per heavy atom. The molecule has 2 N–H and O–H groups in total. The van der Waals surface area contributed by atoms with Gasteiger partial charge in [-0.15, -0.1) is 0 Å². The van der Waals surface area contributed by atoms with Crippen LogP contribution in [0.1, 0.15) is 13.8 Å². The molecule has 0 heterocycles. The summed E-state index contributed by atoms with van der Waals surface area (Å²) < 4.78 is 12.7. The van der Waals surface area contributed by atoms with E-state index in [-0.39, 0.29) is 11.7 Å². The fourth-order valence-electron chi connectivity index (χ4n) is 1.33. The van der Waals surface area contributed by atoms with Crippen LogP contribution in [0.2, 0.25) is 0 Å². The molecule has 0 fully saturated rings. The van der Waals surface area contributed by atoms with E-state index in [4.69, 9.17) is 5.73 Å². The van der Waals surface area contributed by atoms with Gasteiger partial charge in [0.1, 0.15) is 5.82 Å². The van der Waals surface area contributed by atoms with E-state index in [2.05, 4.69) is 0 Å². The molecule has 0 unspecified atom stereocenters. The van der Waals surface area contributed by atoms with Crippen LogP contribution in [0.3, 0.4) is 0 Å². The number of nitrogens with two attached hydrogens (primary N) is 1. The normalized spacial score (nSPS) is 12.3. The Balaban J connectivity index is 2.92. The number of hydrogen-bond donors (Lipinski definition) is 1. The molecular formula is C11H15FN2O. The molecule has 0 radical (unpaired) electrons. The number of nitrogens with zero attached hydrogens (tertiary/aromatic N) is 1. The lowest BCUT2D eigenvalue weighted by atomic mass is 10.2. The number of amides is 1. The Labute approximate surface area is 88.7 Å². The Morgan fingerprint density at radius 1 is 1.47 bits per heavy atom. The first-order valence-corrected chi connectivity index (χ1v) is 4.88. The smallest absolute Gasteiger partial charge is 0.243 e. The number of rotatable bonds is 3. The second kappa shape index (κ2) is 4.89. The fraction of sp³-hybridized carbons (Fsp3) is 0.364. The molecule has 0 saturated carbocycles. The molecule has 0 aliphatic rings. The molecule has 1 aromatic carbocycles. The van der Waals surface area contributed by atoms with Gasteiger partial charge in [0.25, 0.3) is 0 Å². The Bertz CT molecular complexity index is 335. The van der Waals surface area contributed by atoms with Crippen LogP contribution in [0.5, 0.6) is 0 Å². The maximum Gasteiger partial charge on any atom is 0.243 e. The van der Waals surface area contributed by atoms with Gasteiger partial charge in [-0.05, 0) is 38.1 Å². The van der Waals surface area contributed by atoms with Crippen molar-refractivity contribution in [3.63, 3.8) is 0 Å². The number of hydrogen-bond acceptors (Lipinski definition) is 2. The van der Waals surface area contributed by atoms with Gasteiger partial charge in [-0.2, -0.15) is 0 Å². The van der Waals surface area contributed by atoms with Crippen molar-refractivity contribution in [2.45, 2.75) is 19.9 Å². The maximum absolute atomic E-state index is 12.7. The minimum atomic E-state index is -0.546. The number of likely N-dealkylation sites (N-methyl/N-ethyl adjacent to an activating group) is 1. The van der Waals surface area contributed by atoms with Gasteiger partial charge in [0.15, 0.2) is 0 Å². The first kappa shape index (κ1) is 11.7. The van der Waals surface area contributed by atoms with Crippen molar-refractivity contribution in [3.05, 3.63) is 30.1 Å². The van der Waals surface area contributed by atoms with Crippen molar-refractivity contribution in [1.82, 2.24) is 0 Å². The van der Waals surface area contributed by atoms with E-state index in [9.17, 15) is 9.18 Å². The molecule has 0 aromatic heterocycles. The number of benzene rings is 1. The molecular weight excluding hydrogens is 195 g/mol. The lowest BCUT2D eigenvalue weighted by molar-refractivity contribution is -0.119. The van der Waals surface area contributed by atoms with E-state index < -0.39 is 6.04 Å². The van der Waals surface area contributed by atoms with Gasteiger partial charge < -0.3 is 10.6 Å². The average molecular weight is 210 g/mol. The maximum atomic E-state index is 12.7. The molecule has 3 nitrogen and oxygen atoms in total. The summed E-state index contributed by atoms with van der Waals surface area (Å²) >= 11 is 0. The van der Waals surface area contributed by atoms with Crippen molar-refractivity contribution in [1.29, 1.82) is 0 Å². The van der Waals surface area contributed by atoms with E-state index >= 15 is 0 Å². The zero-order valence-corrected chi connectivity index (χ0v) is 8.90. The Hall–Kier alpha value is -1.42. The summed E-state index contributed by atoms with van der Waals surface area (Å²) in [6, 6.07) is 5.24. The zero-order chi connectivity index (χ0) is 11.4. The molecule has 0 spiro atoms. The van der Waals surface area contributed by atoms with Gasteiger partial charge in [-0.1, -0.05) is 0 Å². The van der Waals surface area contributed by atoms with Crippen LogP contribution in [0.15, 0.2) is 24.3 Å². The van der Waals surface area contributed by atoms with E-state index in [0.717, 1.165) is 0 Å². The first-order valence-electron chi connectivity index (χ1n) is 4.88. The van der Waals surface area contributed by atoms with Gasteiger partial charge >= 0.3 is 0 Å². The van der Waals surface area contributed by atoms with Crippen molar-refractivity contribution in [2.75, 3.05) is 11.4 Å². The molecule has 0 bridgehead atoms. The van der Waals surface area contributed by atoms with Gasteiger partial charge in [-0.25, -0.2) is 4.39 Å². The van der Waals surface area contributed by atoms with Crippen LogP contribution < -0.4 is 10.6 Å². The third-order valence-corrected chi connectivity index (χ3v) is 2.11. The SMILES string of the molecule is CCN(C(=O)[C@H](C)N)c1ccc(F)cc1. The van der Waals surface area contributed by atoms with Gasteiger partial charge in [0, 0.05) is 12.2 Å². The predicted octanol–water partition coefficient (Wildman–Crippen LogP) is 1.53. The largest absolute Gasteiger partial charge is 0.320 e. The molecule has 1 aromatic rings. The van der Waals surface area contributed by atoms with Crippen molar-refractivity contribution >= 4 is 11.6 Å². The molecule has 0 saturated heterocycles. The van der Waals surface area contributed by atoms with Crippen LogP contribution >= 0.6 is 0 Å². The lowest BCUT2D eigenvalue weighted by Crippen LogP contribution is -2.42. The Morgan fingerprint density at radius 3 is 2.40 bits per heavy atom. The summed E-state index contributed by atoms with van der Waals surface area (Å²) in [5, 5.41) is 0. The molecule has 15 heavy (non-hydrogen) atoms. The van der Waals surface area contributed by atoms with E-state index in [1.807, 2.05) is 6.92 Å². The second-order valence-electron chi connectivity index (χ2n) is 3.35. The van der Waals surface area contributed by atoms with Gasteiger partial charge in [0.05, 0.1) is 6.04 Å². The highest BCUT2D eigenvalue weighted by molar-refractivity contribution is 5.96. The molecule has 0 aliphatic carbocycles. The lowest BCUT2D eigenvalue weighted by Gasteiger charge is -2.22. The average Bonchev–Trinajstić information content (AvgIpc) is 2.21. The van der Waals surface area contributed by atoms with Crippen molar-refractivity contribution in [3.8, 4) is 0 Å². The Kier molecular flexibility index (Phi) is 3.80. The van der Waals surface area contributed by atoms with E-state index in [1.165, 1.54) is 17.0 Å². The topological polar surface area (TPSA) is 46.3 Å². The van der Waals surface area contributed by atoms with E-state index in [0.29, 0.717) is 12.2 Å². The quantitative estimate of drug-likeness (QED) is 0.822. The van der Waals surface area contributed by atoms with Crippen LogP contribution in [-0.4, -0.2) is 18.5 Å². The van der Waals surface area contributed by atoms with Crippen molar-refractivity contribution in [2.24, 2.45) is 5.73 Å². The summed E-state index contributed by atoms with van der Waals surface area (Å²) in [4.78, 5) is 13.2. The summed E-state index contributed by atoms with van der Waals surface area (Å²) in [5.74, 6) is -0.479. The second-order valence-corrected chi connectivity index (χ2v) is 3.35. The van der Waals surface area contributed by atoms with Crippen LogP contribution in [0, 0.1) is 5.82 Å². The summed E-state index contributed by atoms with van der Waals surface area (Å²) in [6.07, 6.45) is 0. The van der Waals surface area contributed by atoms with Crippen LogP contribution in [-0.2, 0) is 4.79 Å². The standard InChI is InChI=1S/C11H15FN2O/c1-3-14(11(15)8(2)13)10-6-4-9(12)5-7-10/h4-8H,3,13H2,1-2H3/t8-/m0/s1. The molecule has 0 aliphatic heterocycles. The first-order chi connectivity index (χ1) is 7.06. The van der Waals surface area contributed by atoms with E-state index in [1.54, 1.807) is 19.1 Å². The molecule has 82 valence electrons. The highest BCUT2D eigenvalue weighted by atomic mass is 19.1. The van der Waals surface area contributed by atoms with Crippen molar-refractivity contribution < 1.29 is 9.18 Å². The molecule has 4 heteroatoms. The monoisotopic (exact) mass is 210 g/mol. The number of halogens is 1. The predicted molar refractivity (Wildman–Crippen MR) is 58.1 cm³/mol. The minimum Gasteiger partial charge on any atom is -0.320 e. The van der Waals surface area contributed by atoms with Gasteiger partial charge in [-0.3, -0.25) is 4.79 Å². The summed E-state index contributed by atoms with van der Waals surface area (Å²) in [6.45, 7) is 4.00. The van der Waals surface area contributed by atoms with Crippen LogP contribution in [0.4, 0.5) is 10.1 Å². The van der Waals surface area contributed by atoms with Crippen LogP contribution in [0.25, 0.3) is 0 Å².